The first-order valence-corrected chi connectivity index (χ1v) is 9.85. The van der Waals surface area contributed by atoms with Crippen molar-refractivity contribution >= 4 is 11.8 Å². The average Bonchev–Trinajstić information content (AvgIpc) is 3.37. The van der Waals surface area contributed by atoms with Gasteiger partial charge in [0.25, 0.3) is 11.8 Å². The van der Waals surface area contributed by atoms with Crippen LogP contribution in [0.4, 0.5) is 0 Å². The van der Waals surface area contributed by atoms with Crippen LogP contribution in [0.15, 0.2) is 48.7 Å². The molecule has 1 atom stereocenters. The third-order valence-corrected chi connectivity index (χ3v) is 5.14. The molecule has 1 aliphatic rings. The van der Waals surface area contributed by atoms with Gasteiger partial charge in [-0.2, -0.15) is 10.1 Å². The summed E-state index contributed by atoms with van der Waals surface area (Å²) in [5.74, 6) is 0.0602. The van der Waals surface area contributed by atoms with Crippen LogP contribution in [0.25, 0.3) is 0 Å². The first-order chi connectivity index (χ1) is 15.1. The zero-order valence-corrected chi connectivity index (χ0v) is 17.3. The van der Waals surface area contributed by atoms with E-state index in [2.05, 4.69) is 20.7 Å². The monoisotopic (exact) mass is 421 g/mol. The molecule has 31 heavy (non-hydrogen) atoms. The Labute approximate surface area is 179 Å². The van der Waals surface area contributed by atoms with Crippen LogP contribution in [0, 0.1) is 0 Å². The van der Waals surface area contributed by atoms with Gasteiger partial charge in [-0.3, -0.25) is 14.3 Å². The third kappa shape index (κ3) is 4.35. The number of carbonyl (C=O) groups is 2. The highest BCUT2D eigenvalue weighted by atomic mass is 16.5. The van der Waals surface area contributed by atoms with Gasteiger partial charge in [-0.1, -0.05) is 30.3 Å². The Kier molecular flexibility index (Phi) is 5.83. The van der Waals surface area contributed by atoms with Crippen LogP contribution in [0.1, 0.15) is 32.0 Å². The van der Waals surface area contributed by atoms with Gasteiger partial charge >= 0.3 is 0 Å². The van der Waals surface area contributed by atoms with E-state index in [1.54, 1.807) is 23.0 Å². The summed E-state index contributed by atoms with van der Waals surface area (Å²) in [6.07, 6.45) is 2.08. The van der Waals surface area contributed by atoms with E-state index in [9.17, 15) is 9.59 Å². The van der Waals surface area contributed by atoms with Crippen LogP contribution in [0.5, 0.6) is 11.8 Å². The molecule has 2 amide bonds. The molecule has 0 spiro atoms. The molecule has 2 N–H and O–H groups in total. The van der Waals surface area contributed by atoms with Gasteiger partial charge in [0.05, 0.1) is 44.3 Å². The second-order valence-corrected chi connectivity index (χ2v) is 7.14. The number of fused-ring (bicyclic) bond motifs is 1. The molecule has 9 nitrogen and oxygen atoms in total. The molecule has 2 aromatic heterocycles. The van der Waals surface area contributed by atoms with Crippen molar-refractivity contribution in [1.29, 1.82) is 0 Å². The Morgan fingerprint density at radius 1 is 1.06 bits per heavy atom. The number of methoxy groups -OCH3 is 2. The van der Waals surface area contributed by atoms with Crippen molar-refractivity contribution in [3.8, 4) is 11.8 Å². The number of nitrogens with one attached hydrogen (secondary N) is 2. The highest BCUT2D eigenvalue weighted by Gasteiger charge is 2.29. The minimum absolute atomic E-state index is 0.182. The highest BCUT2D eigenvalue weighted by molar-refractivity contribution is 5.97. The number of ether oxygens (including phenoxy) is 2. The van der Waals surface area contributed by atoms with Gasteiger partial charge in [-0.15, -0.1) is 0 Å². The number of nitrogens with zero attached hydrogens (tertiary/aromatic N) is 3. The first-order valence-electron chi connectivity index (χ1n) is 9.85. The fourth-order valence-corrected chi connectivity index (χ4v) is 3.58. The number of hydrogen-bond acceptors (Lipinski definition) is 6. The quantitative estimate of drug-likeness (QED) is 0.600. The van der Waals surface area contributed by atoms with Gasteiger partial charge in [0, 0.05) is 19.0 Å². The molecule has 9 heteroatoms. The Morgan fingerprint density at radius 2 is 1.87 bits per heavy atom. The topological polar surface area (TPSA) is 107 Å². The Hall–Kier alpha value is -3.88. The summed E-state index contributed by atoms with van der Waals surface area (Å²) in [5, 5.41) is 10.2. The summed E-state index contributed by atoms with van der Waals surface area (Å²) in [6.45, 7) is 0.924. The van der Waals surface area contributed by atoms with E-state index < -0.39 is 0 Å². The lowest BCUT2D eigenvalue weighted by Crippen LogP contribution is -2.36. The van der Waals surface area contributed by atoms with Crippen LogP contribution in [0.2, 0.25) is 0 Å². The first kappa shape index (κ1) is 20.4. The summed E-state index contributed by atoms with van der Waals surface area (Å²) in [5.41, 5.74) is 2.66. The maximum atomic E-state index is 12.8. The molecule has 1 aliphatic heterocycles. The zero-order chi connectivity index (χ0) is 21.8. The predicted octanol–water partition coefficient (Wildman–Crippen LogP) is 1.58. The predicted molar refractivity (Wildman–Crippen MR) is 112 cm³/mol. The minimum atomic E-state index is -0.308. The van der Waals surface area contributed by atoms with Crippen molar-refractivity contribution in [2.24, 2.45) is 0 Å². The molecule has 0 saturated heterocycles. The summed E-state index contributed by atoms with van der Waals surface area (Å²) in [4.78, 5) is 29.5. The van der Waals surface area contributed by atoms with Gasteiger partial charge in [0.2, 0.25) is 11.8 Å². The molecule has 160 valence electrons. The smallest absolute Gasteiger partial charge is 0.257 e. The summed E-state index contributed by atoms with van der Waals surface area (Å²) in [7, 11) is 2.94. The average molecular weight is 421 g/mol. The Morgan fingerprint density at radius 3 is 2.61 bits per heavy atom. The summed E-state index contributed by atoms with van der Waals surface area (Å²) in [6, 6.07) is 12.7. The SMILES string of the molecule is COc1ccc(C(=O)N[C@H]2Cc3c(C(=O)NCc4ccccc4)cnn3C2)c(OC)n1. The molecule has 3 aromatic rings. The van der Waals surface area contributed by atoms with Crippen LogP contribution >= 0.6 is 0 Å². The molecular formula is C22H23N5O4. The largest absolute Gasteiger partial charge is 0.481 e. The number of pyridine rings is 1. The van der Waals surface area contributed by atoms with Crippen LogP contribution < -0.4 is 20.1 Å². The summed E-state index contributed by atoms with van der Waals surface area (Å²) >= 11 is 0. The number of benzene rings is 1. The second-order valence-electron chi connectivity index (χ2n) is 7.14. The molecule has 0 radical (unpaired) electrons. The van der Waals surface area contributed by atoms with Crippen LogP contribution in [0.3, 0.4) is 0 Å². The summed E-state index contributed by atoms with van der Waals surface area (Å²) < 4.78 is 12.0. The van der Waals surface area contributed by atoms with Crippen LogP contribution in [-0.4, -0.2) is 46.8 Å². The van der Waals surface area contributed by atoms with Crippen LogP contribution in [-0.2, 0) is 19.5 Å². The third-order valence-electron chi connectivity index (χ3n) is 5.14. The van der Waals surface area contributed by atoms with Crippen molar-refractivity contribution in [3.63, 3.8) is 0 Å². The molecule has 0 bridgehead atoms. The maximum Gasteiger partial charge on any atom is 0.257 e. The molecule has 0 fully saturated rings. The lowest BCUT2D eigenvalue weighted by Gasteiger charge is -2.14. The Balaban J connectivity index is 1.40. The van der Waals surface area contributed by atoms with E-state index in [0.29, 0.717) is 36.5 Å². The number of amides is 2. The Bertz CT molecular complexity index is 1100. The second kappa shape index (κ2) is 8.86. The molecule has 0 saturated carbocycles. The van der Waals surface area contributed by atoms with E-state index in [1.165, 1.54) is 14.2 Å². The molecule has 3 heterocycles. The number of carbonyl (C=O) groups excluding carboxylic acids is 2. The molecule has 1 aromatic carbocycles. The van der Waals surface area contributed by atoms with Gasteiger partial charge in [0.15, 0.2) is 0 Å². The van der Waals surface area contributed by atoms with Gasteiger partial charge in [0.1, 0.15) is 5.56 Å². The fourth-order valence-electron chi connectivity index (χ4n) is 3.58. The highest BCUT2D eigenvalue weighted by Crippen LogP contribution is 2.22. The van der Waals surface area contributed by atoms with Gasteiger partial charge in [-0.05, 0) is 11.6 Å². The molecular weight excluding hydrogens is 398 g/mol. The van der Waals surface area contributed by atoms with Gasteiger partial charge < -0.3 is 20.1 Å². The van der Waals surface area contributed by atoms with E-state index in [1.807, 2.05) is 30.3 Å². The number of rotatable bonds is 7. The van der Waals surface area contributed by atoms with E-state index >= 15 is 0 Å². The fraction of sp³-hybridized carbons (Fsp3) is 0.273. The zero-order valence-electron chi connectivity index (χ0n) is 17.3. The molecule has 0 aliphatic carbocycles. The lowest BCUT2D eigenvalue weighted by molar-refractivity contribution is 0.0931. The standard InChI is InChI=1S/C22H23N5O4/c1-30-19-9-8-16(22(26-19)31-2)21(29)25-15-10-18-17(12-24-27(18)13-15)20(28)23-11-14-6-4-3-5-7-14/h3-9,12,15H,10-11,13H2,1-2H3,(H,23,28)(H,25,29)/t15-/m0/s1. The minimum Gasteiger partial charge on any atom is -0.481 e. The normalized spacial score (nSPS) is 14.6. The molecule has 4 rings (SSSR count). The van der Waals surface area contributed by atoms with Gasteiger partial charge in [-0.25, -0.2) is 0 Å². The lowest BCUT2D eigenvalue weighted by atomic mass is 10.1. The number of hydrogen-bond donors (Lipinski definition) is 2. The van der Waals surface area contributed by atoms with Crippen molar-refractivity contribution in [3.05, 3.63) is 71.0 Å². The van der Waals surface area contributed by atoms with Crippen molar-refractivity contribution in [2.75, 3.05) is 14.2 Å². The number of aromatic nitrogens is 3. The van der Waals surface area contributed by atoms with E-state index in [-0.39, 0.29) is 23.7 Å². The maximum absolute atomic E-state index is 12.8. The van der Waals surface area contributed by atoms with E-state index in [4.69, 9.17) is 9.47 Å². The van der Waals surface area contributed by atoms with Crippen molar-refractivity contribution in [2.45, 2.75) is 25.6 Å². The van der Waals surface area contributed by atoms with Crippen molar-refractivity contribution in [1.82, 2.24) is 25.4 Å². The molecule has 0 unspecified atom stereocenters. The van der Waals surface area contributed by atoms with Crippen molar-refractivity contribution < 1.29 is 19.1 Å². The van der Waals surface area contributed by atoms with E-state index in [0.717, 1.165) is 11.3 Å².